The Bertz CT molecular complexity index is 1280. The Balaban J connectivity index is 1.61. The van der Waals surface area contributed by atoms with Gasteiger partial charge in [-0.25, -0.2) is 9.50 Å². The van der Waals surface area contributed by atoms with Crippen LogP contribution in [0, 0.1) is 11.3 Å². The predicted octanol–water partition coefficient (Wildman–Crippen LogP) is 2.09. The van der Waals surface area contributed by atoms with Crippen molar-refractivity contribution in [3.8, 4) is 28.6 Å². The monoisotopic (exact) mass is 416 g/mol. The summed E-state index contributed by atoms with van der Waals surface area (Å²) in [6.07, 6.45) is 12.9. The largest absolute Gasteiger partial charge is 0.383 e. The maximum Gasteiger partial charge on any atom is 0.130 e. The Labute approximate surface area is 179 Å². The molecule has 0 unspecified atom stereocenters. The van der Waals surface area contributed by atoms with E-state index in [2.05, 4.69) is 21.4 Å². The summed E-state index contributed by atoms with van der Waals surface area (Å²) in [5, 5.41) is 22.8. The highest BCUT2D eigenvalue weighted by atomic mass is 15.3. The number of nitriles is 1. The highest BCUT2D eigenvalue weighted by Gasteiger charge is 2.37. The quantitative estimate of drug-likeness (QED) is 0.518. The molecule has 10 heteroatoms. The minimum absolute atomic E-state index is 0.191. The second-order valence-electron chi connectivity index (χ2n) is 8.27. The molecule has 1 fully saturated rings. The molecule has 4 aromatic rings. The van der Waals surface area contributed by atoms with Gasteiger partial charge < -0.3 is 11.5 Å². The van der Waals surface area contributed by atoms with Gasteiger partial charge in [0.1, 0.15) is 5.82 Å². The lowest BCUT2D eigenvalue weighted by Crippen LogP contribution is -2.41. The van der Waals surface area contributed by atoms with E-state index in [9.17, 15) is 5.26 Å². The minimum Gasteiger partial charge on any atom is -0.383 e. The Morgan fingerprint density at radius 3 is 2.71 bits per heavy atom. The Hall–Kier alpha value is -3.71. The summed E-state index contributed by atoms with van der Waals surface area (Å²) < 4.78 is 5.34. The van der Waals surface area contributed by atoms with E-state index in [1.165, 1.54) is 0 Å². The van der Waals surface area contributed by atoms with Gasteiger partial charge in [-0.3, -0.25) is 9.36 Å². The third kappa shape index (κ3) is 3.14. The molecule has 0 saturated heterocycles. The van der Waals surface area contributed by atoms with Crippen molar-refractivity contribution in [3.05, 3.63) is 37.1 Å². The molecule has 5 rings (SSSR count). The average molecular weight is 416 g/mol. The van der Waals surface area contributed by atoms with Crippen molar-refractivity contribution >= 4 is 11.3 Å². The Morgan fingerprint density at radius 2 is 2.00 bits per heavy atom. The van der Waals surface area contributed by atoms with Crippen LogP contribution in [-0.4, -0.2) is 40.2 Å². The Kier molecular flexibility index (Phi) is 4.48. The van der Waals surface area contributed by atoms with Crippen LogP contribution in [0.5, 0.6) is 0 Å². The standard InChI is InChI=1S/C21H24N10/c1-29-20(24)16(11-26-29)17-13-30-18(4-9-25-30)19(28-17)14-10-27-31(12-14)21(7-8-22)5-2-15(23)3-6-21/h4,9-13,15H,2-3,5-7,23-24H2,1H3/t15-,21+. The molecule has 0 aromatic carbocycles. The molecule has 0 radical (unpaired) electrons. The third-order valence-corrected chi connectivity index (χ3v) is 6.36. The molecule has 0 atom stereocenters. The minimum atomic E-state index is -0.329. The SMILES string of the molecule is Cn1ncc(-c2cn3nccc3c(-c3cnn([C@]4(CC#N)CC[C@H](N)CC4)c3)n2)c1N. The summed E-state index contributed by atoms with van der Waals surface area (Å²) in [7, 11) is 1.79. The van der Waals surface area contributed by atoms with Gasteiger partial charge in [-0.1, -0.05) is 0 Å². The normalized spacial score (nSPS) is 21.4. The van der Waals surface area contributed by atoms with Crippen LogP contribution in [0.4, 0.5) is 5.82 Å². The highest BCUT2D eigenvalue weighted by molar-refractivity contribution is 5.80. The summed E-state index contributed by atoms with van der Waals surface area (Å²) >= 11 is 0. The Morgan fingerprint density at radius 1 is 1.19 bits per heavy atom. The first kappa shape index (κ1) is 19.3. The summed E-state index contributed by atoms with van der Waals surface area (Å²) in [5.74, 6) is 0.534. The van der Waals surface area contributed by atoms with Crippen LogP contribution < -0.4 is 11.5 Å². The number of nitrogens with two attached hydrogens (primary N) is 2. The van der Waals surface area contributed by atoms with Gasteiger partial charge in [0.25, 0.3) is 0 Å². The van der Waals surface area contributed by atoms with Crippen molar-refractivity contribution in [2.24, 2.45) is 12.8 Å². The van der Waals surface area contributed by atoms with Gasteiger partial charge in [0.15, 0.2) is 0 Å². The topological polar surface area (TPSA) is 142 Å². The molecular formula is C21H24N10. The van der Waals surface area contributed by atoms with Crippen LogP contribution in [0.25, 0.3) is 28.0 Å². The van der Waals surface area contributed by atoms with Crippen LogP contribution in [0.3, 0.4) is 0 Å². The van der Waals surface area contributed by atoms with Gasteiger partial charge in [0, 0.05) is 24.8 Å². The second-order valence-corrected chi connectivity index (χ2v) is 8.27. The van der Waals surface area contributed by atoms with E-state index in [0.717, 1.165) is 48.0 Å². The van der Waals surface area contributed by atoms with Gasteiger partial charge in [-0.05, 0) is 31.7 Å². The molecule has 158 valence electrons. The van der Waals surface area contributed by atoms with Crippen LogP contribution in [0.15, 0.2) is 37.1 Å². The number of nitrogens with zero attached hydrogens (tertiary/aromatic N) is 8. The van der Waals surface area contributed by atoms with Crippen molar-refractivity contribution in [1.82, 2.24) is 34.2 Å². The van der Waals surface area contributed by atoms with Crippen molar-refractivity contribution in [2.75, 3.05) is 5.73 Å². The number of aryl methyl sites for hydroxylation is 1. The van der Waals surface area contributed by atoms with E-state index >= 15 is 0 Å². The molecule has 4 aromatic heterocycles. The van der Waals surface area contributed by atoms with E-state index in [0.29, 0.717) is 17.9 Å². The number of hydrogen-bond donors (Lipinski definition) is 2. The average Bonchev–Trinajstić information content (AvgIpc) is 3.51. The molecule has 4 heterocycles. The number of rotatable bonds is 4. The maximum absolute atomic E-state index is 9.47. The molecule has 0 amide bonds. The fourth-order valence-corrected chi connectivity index (χ4v) is 4.43. The lowest BCUT2D eigenvalue weighted by molar-refractivity contribution is 0.166. The zero-order valence-corrected chi connectivity index (χ0v) is 17.3. The smallest absolute Gasteiger partial charge is 0.130 e. The number of nitrogen functional groups attached to an aromatic ring is 1. The molecule has 0 spiro atoms. The second kappa shape index (κ2) is 7.21. The molecule has 10 nitrogen and oxygen atoms in total. The lowest BCUT2D eigenvalue weighted by atomic mass is 9.78. The molecule has 0 aliphatic heterocycles. The zero-order valence-electron chi connectivity index (χ0n) is 17.3. The van der Waals surface area contributed by atoms with E-state index < -0.39 is 0 Å². The summed E-state index contributed by atoms with van der Waals surface area (Å²) in [4.78, 5) is 4.89. The van der Waals surface area contributed by atoms with E-state index in [1.54, 1.807) is 34.8 Å². The third-order valence-electron chi connectivity index (χ3n) is 6.36. The first-order valence-electron chi connectivity index (χ1n) is 10.3. The van der Waals surface area contributed by atoms with Gasteiger partial charge in [-0.15, -0.1) is 0 Å². The van der Waals surface area contributed by atoms with Crippen molar-refractivity contribution < 1.29 is 0 Å². The van der Waals surface area contributed by atoms with Crippen LogP contribution in [0.1, 0.15) is 32.1 Å². The van der Waals surface area contributed by atoms with Crippen molar-refractivity contribution in [3.63, 3.8) is 0 Å². The van der Waals surface area contributed by atoms with Crippen LogP contribution >= 0.6 is 0 Å². The number of fused-ring (bicyclic) bond motifs is 1. The van der Waals surface area contributed by atoms with Gasteiger partial charge in [-0.2, -0.15) is 20.6 Å². The summed E-state index contributed by atoms with van der Waals surface area (Å²) in [5.41, 5.74) is 15.9. The zero-order chi connectivity index (χ0) is 21.6. The van der Waals surface area contributed by atoms with E-state index in [-0.39, 0.29) is 11.6 Å². The van der Waals surface area contributed by atoms with E-state index in [1.807, 2.05) is 23.1 Å². The number of anilines is 1. The lowest BCUT2D eigenvalue weighted by Gasteiger charge is -2.38. The first-order valence-corrected chi connectivity index (χ1v) is 10.3. The van der Waals surface area contributed by atoms with Crippen LogP contribution in [-0.2, 0) is 12.6 Å². The van der Waals surface area contributed by atoms with Crippen LogP contribution in [0.2, 0.25) is 0 Å². The fourth-order valence-electron chi connectivity index (χ4n) is 4.43. The first-order chi connectivity index (χ1) is 15.0. The molecule has 4 N–H and O–H groups in total. The summed E-state index contributed by atoms with van der Waals surface area (Å²) in [6.45, 7) is 0. The van der Waals surface area contributed by atoms with Gasteiger partial charge in [0.05, 0.1) is 65.3 Å². The van der Waals surface area contributed by atoms with E-state index in [4.69, 9.17) is 16.5 Å². The predicted molar refractivity (Wildman–Crippen MR) is 115 cm³/mol. The molecule has 1 saturated carbocycles. The molecule has 1 aliphatic rings. The molecular weight excluding hydrogens is 392 g/mol. The number of hydrogen-bond acceptors (Lipinski definition) is 7. The fraction of sp³-hybridized carbons (Fsp3) is 0.381. The van der Waals surface area contributed by atoms with Crippen molar-refractivity contribution in [1.29, 1.82) is 5.26 Å². The maximum atomic E-state index is 9.47. The molecule has 0 bridgehead atoms. The molecule has 1 aliphatic carbocycles. The summed E-state index contributed by atoms with van der Waals surface area (Å²) in [6, 6.07) is 4.46. The van der Waals surface area contributed by atoms with Gasteiger partial charge >= 0.3 is 0 Å². The highest BCUT2D eigenvalue weighted by Crippen LogP contribution is 2.38. The van der Waals surface area contributed by atoms with Gasteiger partial charge in [0.2, 0.25) is 0 Å². The number of aromatic nitrogens is 7. The van der Waals surface area contributed by atoms with Crippen molar-refractivity contribution in [2.45, 2.75) is 43.7 Å². The molecule has 31 heavy (non-hydrogen) atoms.